The van der Waals surface area contributed by atoms with E-state index < -0.39 is 12.1 Å². The van der Waals surface area contributed by atoms with E-state index in [0.29, 0.717) is 13.0 Å². The minimum absolute atomic E-state index is 0.105. The molecule has 0 unspecified atom stereocenters. The van der Waals surface area contributed by atoms with Crippen LogP contribution in [0.15, 0.2) is 0 Å². The van der Waals surface area contributed by atoms with Gasteiger partial charge in [-0.3, -0.25) is 14.9 Å². The van der Waals surface area contributed by atoms with Gasteiger partial charge >= 0.3 is 6.03 Å². The van der Waals surface area contributed by atoms with Gasteiger partial charge in [-0.1, -0.05) is 0 Å². The largest absolute Gasteiger partial charge is 0.378 e. The zero-order valence-electron chi connectivity index (χ0n) is 10.7. The Bertz CT molecular complexity index is 366. The molecule has 2 rings (SSSR count). The lowest BCUT2D eigenvalue weighted by Crippen LogP contribution is -2.32. The average molecular weight is 269 g/mol. The molecule has 2 atom stereocenters. The molecule has 106 valence electrons. The van der Waals surface area contributed by atoms with E-state index in [-0.39, 0.29) is 24.3 Å². The van der Waals surface area contributed by atoms with Crippen LogP contribution in [0.5, 0.6) is 0 Å². The Morgan fingerprint density at radius 1 is 1.37 bits per heavy atom. The maximum Gasteiger partial charge on any atom is 0.322 e. The van der Waals surface area contributed by atoms with E-state index in [1.54, 1.807) is 0 Å². The molecule has 0 aromatic rings. The lowest BCUT2D eigenvalue weighted by molar-refractivity contribution is -0.122. The van der Waals surface area contributed by atoms with Crippen LogP contribution in [0.4, 0.5) is 4.79 Å². The molecule has 0 aromatic carbocycles. The third-order valence-electron chi connectivity index (χ3n) is 3.33. The molecule has 0 aliphatic carbocycles. The van der Waals surface area contributed by atoms with Gasteiger partial charge in [0.2, 0.25) is 5.91 Å². The molecule has 19 heavy (non-hydrogen) atoms. The van der Waals surface area contributed by atoms with Crippen molar-refractivity contribution in [1.82, 2.24) is 16.0 Å². The van der Waals surface area contributed by atoms with Crippen molar-refractivity contribution in [3.05, 3.63) is 0 Å². The topological polar surface area (TPSA) is 96.5 Å². The Morgan fingerprint density at radius 3 is 2.84 bits per heavy atom. The lowest BCUT2D eigenvalue weighted by Gasteiger charge is -2.11. The fraction of sp³-hybridized carbons (Fsp3) is 0.750. The first-order valence-corrected chi connectivity index (χ1v) is 6.65. The zero-order chi connectivity index (χ0) is 13.7. The second-order valence-electron chi connectivity index (χ2n) is 4.83. The standard InChI is InChI=1S/C12H19N3O4/c16-10(13-6-5-8-2-1-7-19-8)4-3-9-11(17)15-12(18)14-9/h8-9H,1-7H2,(H,13,16)(H2,14,15,17,18)/t8-,9+/m0/s1. The van der Waals surface area contributed by atoms with E-state index in [4.69, 9.17) is 4.74 Å². The molecular weight excluding hydrogens is 250 g/mol. The minimum Gasteiger partial charge on any atom is -0.378 e. The van der Waals surface area contributed by atoms with Crippen LogP contribution < -0.4 is 16.0 Å². The van der Waals surface area contributed by atoms with Crippen molar-refractivity contribution in [3.63, 3.8) is 0 Å². The molecule has 0 saturated carbocycles. The zero-order valence-corrected chi connectivity index (χ0v) is 10.7. The summed E-state index contributed by atoms with van der Waals surface area (Å²) in [6.07, 6.45) is 3.79. The Morgan fingerprint density at radius 2 is 2.21 bits per heavy atom. The first-order valence-electron chi connectivity index (χ1n) is 6.65. The number of carbonyl (C=O) groups is 3. The van der Waals surface area contributed by atoms with Crippen molar-refractivity contribution in [2.45, 2.75) is 44.2 Å². The Hall–Kier alpha value is -1.63. The van der Waals surface area contributed by atoms with E-state index in [1.807, 2.05) is 0 Å². The van der Waals surface area contributed by atoms with Crippen LogP contribution in [0.25, 0.3) is 0 Å². The van der Waals surface area contributed by atoms with Gasteiger partial charge in [0.1, 0.15) is 6.04 Å². The van der Waals surface area contributed by atoms with E-state index in [2.05, 4.69) is 16.0 Å². The summed E-state index contributed by atoms with van der Waals surface area (Å²) in [5.74, 6) is -0.468. The fourth-order valence-electron chi connectivity index (χ4n) is 2.27. The van der Waals surface area contributed by atoms with Gasteiger partial charge in [-0.15, -0.1) is 0 Å². The molecular formula is C12H19N3O4. The van der Waals surface area contributed by atoms with Crippen molar-refractivity contribution >= 4 is 17.8 Å². The van der Waals surface area contributed by atoms with Gasteiger partial charge in [0, 0.05) is 19.6 Å². The summed E-state index contributed by atoms with van der Waals surface area (Å²) in [7, 11) is 0. The van der Waals surface area contributed by atoms with Crippen molar-refractivity contribution < 1.29 is 19.1 Å². The van der Waals surface area contributed by atoms with Crippen molar-refractivity contribution in [2.75, 3.05) is 13.2 Å². The first-order chi connectivity index (χ1) is 9.15. The molecule has 2 aliphatic heterocycles. The number of ether oxygens (including phenoxy) is 1. The van der Waals surface area contributed by atoms with Crippen molar-refractivity contribution in [1.29, 1.82) is 0 Å². The monoisotopic (exact) mass is 269 g/mol. The molecule has 0 spiro atoms. The van der Waals surface area contributed by atoms with Crippen LogP contribution in [0.1, 0.15) is 32.1 Å². The molecule has 2 aliphatic rings. The molecule has 0 bridgehead atoms. The summed E-state index contributed by atoms with van der Waals surface area (Å²) in [6.45, 7) is 1.40. The highest BCUT2D eigenvalue weighted by molar-refractivity contribution is 6.04. The molecule has 0 aromatic heterocycles. The second kappa shape index (κ2) is 6.51. The second-order valence-corrected chi connectivity index (χ2v) is 4.83. The Balaban J connectivity index is 1.56. The first kappa shape index (κ1) is 13.8. The number of hydrogen-bond acceptors (Lipinski definition) is 4. The number of rotatable bonds is 6. The van der Waals surface area contributed by atoms with Gasteiger partial charge in [-0.25, -0.2) is 4.79 Å². The van der Waals surface area contributed by atoms with Crippen LogP contribution in [0.3, 0.4) is 0 Å². The molecule has 2 fully saturated rings. The highest BCUT2D eigenvalue weighted by atomic mass is 16.5. The van der Waals surface area contributed by atoms with Gasteiger partial charge in [0.15, 0.2) is 0 Å². The quantitative estimate of drug-likeness (QED) is 0.575. The molecule has 0 radical (unpaired) electrons. The van der Waals surface area contributed by atoms with Gasteiger partial charge in [-0.2, -0.15) is 0 Å². The third kappa shape index (κ3) is 4.20. The summed E-state index contributed by atoms with van der Waals surface area (Å²) in [4.78, 5) is 33.7. The Labute approximate surface area is 111 Å². The van der Waals surface area contributed by atoms with E-state index in [0.717, 1.165) is 25.9 Å². The minimum atomic E-state index is -0.587. The third-order valence-corrected chi connectivity index (χ3v) is 3.33. The smallest absolute Gasteiger partial charge is 0.322 e. The van der Waals surface area contributed by atoms with E-state index in [1.165, 1.54) is 0 Å². The van der Waals surface area contributed by atoms with Crippen molar-refractivity contribution in [3.8, 4) is 0 Å². The highest BCUT2D eigenvalue weighted by Gasteiger charge is 2.29. The van der Waals surface area contributed by atoms with Gasteiger partial charge in [0.05, 0.1) is 6.10 Å². The lowest BCUT2D eigenvalue weighted by atomic mass is 10.1. The van der Waals surface area contributed by atoms with Crippen molar-refractivity contribution in [2.24, 2.45) is 0 Å². The summed E-state index contributed by atoms with van der Waals surface area (Å²) < 4.78 is 5.45. The van der Waals surface area contributed by atoms with Crippen LogP contribution in [0, 0.1) is 0 Å². The molecule has 2 heterocycles. The van der Waals surface area contributed by atoms with Crippen LogP contribution in [-0.4, -0.2) is 43.1 Å². The molecule has 4 amide bonds. The van der Waals surface area contributed by atoms with Gasteiger partial charge < -0.3 is 15.4 Å². The Kier molecular flexibility index (Phi) is 4.73. The molecule has 3 N–H and O–H groups in total. The predicted octanol–water partition coefficient (Wildman–Crippen LogP) is -0.340. The summed E-state index contributed by atoms with van der Waals surface area (Å²) in [6, 6.07) is -1.08. The normalized spacial score (nSPS) is 26.1. The highest BCUT2D eigenvalue weighted by Crippen LogP contribution is 2.14. The SMILES string of the molecule is O=C(CC[C@H]1NC(=O)NC1=O)NCC[C@@H]1CCCO1. The van der Waals surface area contributed by atoms with E-state index in [9.17, 15) is 14.4 Å². The van der Waals surface area contributed by atoms with Crippen LogP contribution in [0.2, 0.25) is 0 Å². The number of carbonyl (C=O) groups excluding carboxylic acids is 3. The maximum atomic E-state index is 11.6. The number of imide groups is 1. The predicted molar refractivity (Wildman–Crippen MR) is 66.3 cm³/mol. The maximum absolute atomic E-state index is 11.6. The molecule has 7 heteroatoms. The fourth-order valence-corrected chi connectivity index (χ4v) is 2.27. The molecule has 7 nitrogen and oxygen atoms in total. The van der Waals surface area contributed by atoms with Gasteiger partial charge in [0.25, 0.3) is 5.91 Å². The summed E-state index contributed by atoms with van der Waals surface area (Å²) in [5, 5.41) is 7.39. The number of amides is 4. The van der Waals surface area contributed by atoms with Crippen LogP contribution in [-0.2, 0) is 14.3 Å². The number of nitrogens with one attached hydrogen (secondary N) is 3. The van der Waals surface area contributed by atoms with Gasteiger partial charge in [-0.05, 0) is 25.7 Å². The summed E-state index contributed by atoms with van der Waals surface area (Å²) >= 11 is 0. The van der Waals surface area contributed by atoms with E-state index >= 15 is 0 Å². The number of hydrogen-bond donors (Lipinski definition) is 3. The molecule has 2 saturated heterocycles. The number of urea groups is 1. The van der Waals surface area contributed by atoms with Crippen LogP contribution >= 0.6 is 0 Å². The average Bonchev–Trinajstić information content (AvgIpc) is 2.97. The summed E-state index contributed by atoms with van der Waals surface area (Å²) in [5.41, 5.74) is 0.